The van der Waals surface area contributed by atoms with Crippen LogP contribution in [0.2, 0.25) is 0 Å². The molecule has 9 heavy (non-hydrogen) atoms. The molecule has 3 nitrogen and oxygen atoms in total. The summed E-state index contributed by atoms with van der Waals surface area (Å²) in [6, 6.07) is 0. The minimum atomic E-state index is -4.79. The van der Waals surface area contributed by atoms with Crippen LogP contribution in [0.4, 0.5) is 18.0 Å². The maximum absolute atomic E-state index is 11.2. The number of nitrogens with zero attached hydrogens (tertiary/aromatic N) is 1. The molecule has 6 heteroatoms. The molecule has 0 bridgehead atoms. The molecule has 0 radical (unpaired) electrons. The monoisotopic (exact) mass is 143 g/mol. The van der Waals surface area contributed by atoms with Gasteiger partial charge in [-0.2, -0.15) is 0 Å². The highest BCUT2D eigenvalue weighted by Gasteiger charge is 2.37. The molecule has 0 heterocycles. The number of carboxylic acid groups (broad SMARTS) is 1. The lowest BCUT2D eigenvalue weighted by Gasteiger charge is -2.15. The van der Waals surface area contributed by atoms with Gasteiger partial charge in [0.15, 0.2) is 0 Å². The largest absolute Gasteiger partial charge is 0.489 e. The van der Waals surface area contributed by atoms with E-state index in [-0.39, 0.29) is 0 Å². The van der Waals surface area contributed by atoms with E-state index in [9.17, 15) is 18.0 Å². The van der Waals surface area contributed by atoms with E-state index in [1.807, 2.05) is 0 Å². The zero-order valence-corrected chi connectivity index (χ0v) is 4.44. The SMILES string of the molecule is CN(C(=O)O)C(F)(F)F. The summed E-state index contributed by atoms with van der Waals surface area (Å²) in [7, 11) is 0.433. The molecule has 1 N–H and O–H groups in total. The second-order valence-corrected chi connectivity index (χ2v) is 1.31. The molecule has 0 rings (SSSR count). The molecule has 0 saturated heterocycles. The van der Waals surface area contributed by atoms with Crippen molar-refractivity contribution in [2.45, 2.75) is 6.30 Å². The van der Waals surface area contributed by atoms with Crippen LogP contribution in [0, 0.1) is 0 Å². The van der Waals surface area contributed by atoms with E-state index in [0.29, 0.717) is 7.05 Å². The predicted molar refractivity (Wildman–Crippen MR) is 21.8 cm³/mol. The van der Waals surface area contributed by atoms with Gasteiger partial charge in [-0.3, -0.25) is 0 Å². The summed E-state index contributed by atoms with van der Waals surface area (Å²) in [5.74, 6) is 0. The average molecular weight is 143 g/mol. The Kier molecular flexibility index (Phi) is 1.90. The summed E-state index contributed by atoms with van der Waals surface area (Å²) in [5.41, 5.74) is 0. The van der Waals surface area contributed by atoms with Crippen LogP contribution >= 0.6 is 0 Å². The molecule has 0 atom stereocenters. The van der Waals surface area contributed by atoms with E-state index >= 15 is 0 Å². The first kappa shape index (κ1) is 8.06. The fraction of sp³-hybridized carbons (Fsp3) is 0.667. The Morgan fingerprint density at radius 3 is 1.89 bits per heavy atom. The number of alkyl halides is 3. The van der Waals surface area contributed by atoms with Crippen molar-refractivity contribution in [3.63, 3.8) is 0 Å². The molecule has 0 aromatic rings. The smallest absolute Gasteiger partial charge is 0.465 e. The molecule has 0 unspecified atom stereocenters. The molecule has 0 aliphatic rings. The summed E-state index contributed by atoms with van der Waals surface area (Å²) >= 11 is 0. The zero-order chi connectivity index (χ0) is 7.65. The Bertz CT molecular complexity index is 121. The summed E-state index contributed by atoms with van der Waals surface area (Å²) < 4.78 is 33.7. The van der Waals surface area contributed by atoms with Crippen molar-refractivity contribution in [2.24, 2.45) is 0 Å². The Morgan fingerprint density at radius 1 is 1.56 bits per heavy atom. The van der Waals surface area contributed by atoms with Crippen LogP contribution in [0.3, 0.4) is 0 Å². The highest BCUT2D eigenvalue weighted by Crippen LogP contribution is 2.18. The number of carbonyl (C=O) groups is 1. The number of rotatable bonds is 0. The number of halogens is 3. The van der Waals surface area contributed by atoms with Crippen molar-refractivity contribution < 1.29 is 23.1 Å². The summed E-state index contributed by atoms with van der Waals surface area (Å²) in [6.07, 6.45) is -6.80. The highest BCUT2D eigenvalue weighted by atomic mass is 19.4. The van der Waals surface area contributed by atoms with Crippen molar-refractivity contribution in [2.75, 3.05) is 7.05 Å². The Labute approximate surface area is 48.7 Å². The number of hydrogen-bond acceptors (Lipinski definition) is 1. The quantitative estimate of drug-likeness (QED) is 0.516. The molecule has 0 saturated carbocycles. The average Bonchev–Trinajstić information content (AvgIpc) is 1.62. The van der Waals surface area contributed by atoms with E-state index in [1.165, 1.54) is 0 Å². The highest BCUT2D eigenvalue weighted by molar-refractivity contribution is 5.64. The van der Waals surface area contributed by atoms with Crippen molar-refractivity contribution in [3.05, 3.63) is 0 Å². The van der Waals surface area contributed by atoms with E-state index in [1.54, 1.807) is 0 Å². The molecule has 0 aliphatic carbocycles. The van der Waals surface area contributed by atoms with Crippen LogP contribution in [0.1, 0.15) is 0 Å². The first-order chi connectivity index (χ1) is 3.85. The van der Waals surface area contributed by atoms with Crippen molar-refractivity contribution in [1.29, 1.82) is 0 Å². The van der Waals surface area contributed by atoms with Gasteiger partial charge in [-0.25, -0.2) is 9.69 Å². The van der Waals surface area contributed by atoms with Crippen LogP contribution < -0.4 is 0 Å². The third-order valence-electron chi connectivity index (χ3n) is 0.667. The van der Waals surface area contributed by atoms with Gasteiger partial charge in [-0.15, -0.1) is 13.2 Å². The molecule has 0 aromatic heterocycles. The summed E-state index contributed by atoms with van der Waals surface area (Å²) in [5, 5.41) is 7.72. The summed E-state index contributed by atoms with van der Waals surface area (Å²) in [6.45, 7) is 0. The fourth-order valence-electron chi connectivity index (χ4n) is 0.108. The number of hydrogen-bond donors (Lipinski definition) is 1. The minimum absolute atomic E-state index is 0.433. The zero-order valence-electron chi connectivity index (χ0n) is 4.44. The van der Waals surface area contributed by atoms with Gasteiger partial charge in [0, 0.05) is 7.05 Å². The second-order valence-electron chi connectivity index (χ2n) is 1.31. The van der Waals surface area contributed by atoms with Gasteiger partial charge in [-0.05, 0) is 0 Å². The lowest BCUT2D eigenvalue weighted by atomic mass is 10.8. The third-order valence-corrected chi connectivity index (χ3v) is 0.667. The third kappa shape index (κ3) is 2.20. The van der Waals surface area contributed by atoms with E-state index < -0.39 is 17.3 Å². The molecule has 1 amide bonds. The van der Waals surface area contributed by atoms with Gasteiger partial charge in [-0.1, -0.05) is 0 Å². The van der Waals surface area contributed by atoms with Crippen molar-refractivity contribution >= 4 is 6.09 Å². The Balaban J connectivity index is 4.04. The van der Waals surface area contributed by atoms with E-state index in [2.05, 4.69) is 0 Å². The topological polar surface area (TPSA) is 40.5 Å². The molecule has 0 aromatic carbocycles. The summed E-state index contributed by atoms with van der Waals surface area (Å²) in [4.78, 5) is 8.82. The lowest BCUT2D eigenvalue weighted by Crippen LogP contribution is -2.38. The normalized spacial score (nSPS) is 11.1. The van der Waals surface area contributed by atoms with Crippen molar-refractivity contribution in [1.82, 2.24) is 4.90 Å². The molecule has 0 fully saturated rings. The Morgan fingerprint density at radius 2 is 1.89 bits per heavy atom. The van der Waals surface area contributed by atoms with Gasteiger partial charge in [0.05, 0.1) is 0 Å². The van der Waals surface area contributed by atoms with Crippen LogP contribution in [-0.2, 0) is 0 Å². The first-order valence-corrected chi connectivity index (χ1v) is 1.89. The Hall–Kier alpha value is -0.940. The van der Waals surface area contributed by atoms with Gasteiger partial charge in [0.25, 0.3) is 0 Å². The number of amides is 1. The van der Waals surface area contributed by atoms with Crippen LogP contribution in [0.25, 0.3) is 0 Å². The standard InChI is InChI=1S/C3H4F3NO2/c1-7(2(8)9)3(4,5)6/h1H3,(H,8,9). The predicted octanol–water partition coefficient (Wildman–Crippen LogP) is 1.12. The first-order valence-electron chi connectivity index (χ1n) is 1.89. The van der Waals surface area contributed by atoms with Crippen LogP contribution in [-0.4, -0.2) is 29.4 Å². The molecule has 0 aliphatic heterocycles. The van der Waals surface area contributed by atoms with E-state index in [0.717, 1.165) is 0 Å². The second kappa shape index (κ2) is 2.12. The molecule has 0 spiro atoms. The maximum atomic E-state index is 11.2. The van der Waals surface area contributed by atoms with Crippen LogP contribution in [0.5, 0.6) is 0 Å². The lowest BCUT2D eigenvalue weighted by molar-refractivity contribution is -0.220. The minimum Gasteiger partial charge on any atom is -0.465 e. The fourth-order valence-corrected chi connectivity index (χ4v) is 0.108. The molecular weight excluding hydrogens is 139 g/mol. The van der Waals surface area contributed by atoms with Gasteiger partial charge >= 0.3 is 12.4 Å². The van der Waals surface area contributed by atoms with Gasteiger partial charge in [0.1, 0.15) is 0 Å². The van der Waals surface area contributed by atoms with Gasteiger partial charge in [0.2, 0.25) is 0 Å². The van der Waals surface area contributed by atoms with E-state index in [4.69, 9.17) is 5.11 Å². The molecule has 54 valence electrons. The molecular formula is C3H4F3NO2. The van der Waals surface area contributed by atoms with Gasteiger partial charge < -0.3 is 5.11 Å². The van der Waals surface area contributed by atoms with Crippen molar-refractivity contribution in [3.8, 4) is 0 Å². The van der Waals surface area contributed by atoms with Crippen LogP contribution in [0.15, 0.2) is 0 Å². The maximum Gasteiger partial charge on any atom is 0.489 e.